The van der Waals surface area contributed by atoms with Gasteiger partial charge in [0.2, 0.25) is 0 Å². The van der Waals surface area contributed by atoms with Gasteiger partial charge in [-0.1, -0.05) is 51.1 Å². The standard InChI is InChI=1S/C29H38N4O4S/c1-7-37-27(35)24-22(18-32-14-15-33(19(2)17-32)26(34)23-9-8-16-38-23)31(6)28(36)30-25(24)20-10-12-21(13-11-20)29(3,4)5/h8-13,16,19,25H,7,14-15,17-18H2,1-6H3,(H,30,36)/t19-,25-/m1/s1. The first-order valence-corrected chi connectivity index (χ1v) is 14.0. The molecule has 1 aromatic heterocycles. The second-order valence-electron chi connectivity index (χ2n) is 11.0. The molecule has 0 aliphatic carbocycles. The molecule has 8 nitrogen and oxygen atoms in total. The molecule has 1 saturated heterocycles. The number of ether oxygens (including phenoxy) is 1. The van der Waals surface area contributed by atoms with Crippen molar-refractivity contribution < 1.29 is 19.1 Å². The first-order chi connectivity index (χ1) is 18.0. The number of carbonyl (C=O) groups excluding carboxylic acids is 3. The fourth-order valence-electron chi connectivity index (χ4n) is 5.06. The van der Waals surface area contributed by atoms with Gasteiger partial charge >= 0.3 is 12.0 Å². The number of rotatable bonds is 6. The molecule has 3 heterocycles. The van der Waals surface area contributed by atoms with Crippen LogP contribution in [-0.4, -0.2) is 78.5 Å². The zero-order valence-corrected chi connectivity index (χ0v) is 23.9. The topological polar surface area (TPSA) is 82.2 Å². The van der Waals surface area contributed by atoms with E-state index in [9.17, 15) is 14.4 Å². The Labute approximate surface area is 229 Å². The maximum absolute atomic E-state index is 13.3. The van der Waals surface area contributed by atoms with Crippen molar-refractivity contribution in [2.24, 2.45) is 0 Å². The molecule has 9 heteroatoms. The van der Waals surface area contributed by atoms with Crippen LogP contribution < -0.4 is 5.32 Å². The molecule has 0 saturated carbocycles. The van der Waals surface area contributed by atoms with Gasteiger partial charge in [-0.05, 0) is 41.8 Å². The van der Waals surface area contributed by atoms with E-state index in [0.717, 1.165) is 10.4 Å². The molecule has 1 aromatic carbocycles. The van der Waals surface area contributed by atoms with Crippen LogP contribution in [0.15, 0.2) is 53.0 Å². The summed E-state index contributed by atoms with van der Waals surface area (Å²) in [5, 5.41) is 4.91. The van der Waals surface area contributed by atoms with Gasteiger partial charge in [0.1, 0.15) is 0 Å². The predicted molar refractivity (Wildman–Crippen MR) is 149 cm³/mol. The number of esters is 1. The first-order valence-electron chi connectivity index (χ1n) is 13.1. The van der Waals surface area contributed by atoms with Crippen LogP contribution in [0.3, 0.4) is 0 Å². The van der Waals surface area contributed by atoms with Gasteiger partial charge in [-0.3, -0.25) is 14.6 Å². The quantitative estimate of drug-likeness (QED) is 0.551. The van der Waals surface area contributed by atoms with Gasteiger partial charge < -0.3 is 15.0 Å². The maximum atomic E-state index is 13.3. The lowest BCUT2D eigenvalue weighted by Crippen LogP contribution is -2.56. The number of urea groups is 1. The Balaban J connectivity index is 1.62. The number of hydrogen-bond acceptors (Lipinski definition) is 6. The number of amides is 3. The minimum absolute atomic E-state index is 0.00606. The molecule has 0 radical (unpaired) electrons. The Morgan fingerprint density at radius 3 is 2.42 bits per heavy atom. The monoisotopic (exact) mass is 538 g/mol. The van der Waals surface area contributed by atoms with Crippen molar-refractivity contribution >= 4 is 29.2 Å². The molecule has 2 aliphatic heterocycles. The van der Waals surface area contributed by atoms with Crippen molar-refractivity contribution in [3.05, 3.63) is 69.1 Å². The number of piperazine rings is 1. The molecular formula is C29H38N4O4S. The van der Waals surface area contributed by atoms with Gasteiger partial charge in [0.25, 0.3) is 5.91 Å². The molecule has 0 bridgehead atoms. The van der Waals surface area contributed by atoms with E-state index >= 15 is 0 Å². The highest BCUT2D eigenvalue weighted by Gasteiger charge is 2.38. The van der Waals surface area contributed by atoms with Gasteiger partial charge in [0, 0.05) is 45.0 Å². The third kappa shape index (κ3) is 5.78. The van der Waals surface area contributed by atoms with Crippen molar-refractivity contribution in [3.63, 3.8) is 0 Å². The highest BCUT2D eigenvalue weighted by molar-refractivity contribution is 7.12. The Bertz CT molecular complexity index is 1200. The van der Waals surface area contributed by atoms with Crippen molar-refractivity contribution in [1.29, 1.82) is 0 Å². The highest BCUT2D eigenvalue weighted by Crippen LogP contribution is 2.33. The van der Waals surface area contributed by atoms with E-state index in [-0.39, 0.29) is 30.0 Å². The molecule has 38 heavy (non-hydrogen) atoms. The number of carbonyl (C=O) groups is 3. The molecule has 1 N–H and O–H groups in total. The smallest absolute Gasteiger partial charge is 0.338 e. The molecule has 2 atom stereocenters. The summed E-state index contributed by atoms with van der Waals surface area (Å²) in [4.78, 5) is 45.7. The molecule has 1 fully saturated rings. The number of likely N-dealkylation sites (N-methyl/N-ethyl adjacent to an activating group) is 1. The van der Waals surface area contributed by atoms with Gasteiger partial charge in [-0.25, -0.2) is 9.59 Å². The molecule has 3 amide bonds. The Kier molecular flexibility index (Phi) is 8.28. The summed E-state index contributed by atoms with van der Waals surface area (Å²) in [6.07, 6.45) is 0. The van der Waals surface area contributed by atoms with Crippen LogP contribution in [0.5, 0.6) is 0 Å². The number of benzene rings is 1. The average molecular weight is 539 g/mol. The summed E-state index contributed by atoms with van der Waals surface area (Å²) in [5.74, 6) is -0.384. The van der Waals surface area contributed by atoms with Gasteiger partial charge in [-0.2, -0.15) is 0 Å². The number of nitrogens with one attached hydrogen (secondary N) is 1. The van der Waals surface area contributed by atoms with Crippen LogP contribution >= 0.6 is 11.3 Å². The summed E-state index contributed by atoms with van der Waals surface area (Å²) in [6, 6.07) is 10.9. The summed E-state index contributed by atoms with van der Waals surface area (Å²) >= 11 is 1.45. The molecule has 0 spiro atoms. The molecule has 2 aliphatic rings. The van der Waals surface area contributed by atoms with E-state index in [0.29, 0.717) is 37.4 Å². The SMILES string of the molecule is CCOC(=O)C1=C(CN2CCN(C(=O)c3cccs3)[C@H](C)C2)N(C)C(=O)N[C@@H]1c1ccc(C(C)(C)C)cc1. The van der Waals surface area contributed by atoms with E-state index < -0.39 is 12.0 Å². The summed E-state index contributed by atoms with van der Waals surface area (Å²) in [6.45, 7) is 12.8. The fraction of sp³-hybridized carbons (Fsp3) is 0.483. The lowest BCUT2D eigenvalue weighted by atomic mass is 9.85. The number of thiophene rings is 1. The van der Waals surface area contributed by atoms with E-state index in [1.54, 1.807) is 14.0 Å². The lowest BCUT2D eigenvalue weighted by molar-refractivity contribution is -0.139. The zero-order valence-electron chi connectivity index (χ0n) is 23.1. The third-order valence-corrected chi connectivity index (χ3v) is 8.12. The van der Waals surface area contributed by atoms with Gasteiger partial charge in [-0.15, -0.1) is 11.3 Å². The number of hydrogen-bond donors (Lipinski definition) is 1. The van der Waals surface area contributed by atoms with Crippen LogP contribution in [0.1, 0.15) is 61.5 Å². The minimum Gasteiger partial charge on any atom is -0.463 e. The highest BCUT2D eigenvalue weighted by atomic mass is 32.1. The van der Waals surface area contributed by atoms with Crippen molar-refractivity contribution in [2.45, 2.75) is 52.1 Å². The molecule has 4 rings (SSSR count). The predicted octanol–water partition coefficient (Wildman–Crippen LogP) is 4.41. The molecule has 0 unspecified atom stereocenters. The van der Waals surface area contributed by atoms with E-state index in [1.807, 2.05) is 53.6 Å². The zero-order chi connectivity index (χ0) is 27.6. The third-order valence-electron chi connectivity index (χ3n) is 7.26. The summed E-state index contributed by atoms with van der Waals surface area (Å²) < 4.78 is 5.48. The second-order valence-corrected chi connectivity index (χ2v) is 11.9. The lowest BCUT2D eigenvalue weighted by Gasteiger charge is -2.42. The first kappa shape index (κ1) is 27.9. The maximum Gasteiger partial charge on any atom is 0.338 e. The Morgan fingerprint density at radius 1 is 1.13 bits per heavy atom. The van der Waals surface area contributed by atoms with E-state index in [1.165, 1.54) is 21.8 Å². The average Bonchev–Trinajstić information content (AvgIpc) is 3.41. The molecule has 2 aromatic rings. The van der Waals surface area contributed by atoms with Crippen LogP contribution in [0.2, 0.25) is 0 Å². The summed E-state index contributed by atoms with van der Waals surface area (Å²) in [7, 11) is 1.68. The molecular weight excluding hydrogens is 500 g/mol. The fourth-order valence-corrected chi connectivity index (χ4v) is 5.73. The summed E-state index contributed by atoms with van der Waals surface area (Å²) in [5.41, 5.74) is 3.07. The van der Waals surface area contributed by atoms with Crippen LogP contribution in [0.4, 0.5) is 4.79 Å². The Hall–Kier alpha value is -3.17. The van der Waals surface area contributed by atoms with Crippen molar-refractivity contribution in [2.75, 3.05) is 39.8 Å². The normalized spacial score (nSPS) is 20.9. The largest absolute Gasteiger partial charge is 0.463 e. The van der Waals surface area contributed by atoms with Crippen LogP contribution in [0, 0.1) is 0 Å². The minimum atomic E-state index is -0.610. The van der Waals surface area contributed by atoms with E-state index in [4.69, 9.17) is 4.74 Å². The van der Waals surface area contributed by atoms with Crippen molar-refractivity contribution in [1.82, 2.24) is 20.0 Å². The van der Waals surface area contributed by atoms with Crippen LogP contribution in [0.25, 0.3) is 0 Å². The van der Waals surface area contributed by atoms with E-state index in [2.05, 4.69) is 31.0 Å². The Morgan fingerprint density at radius 2 is 1.84 bits per heavy atom. The molecule has 204 valence electrons. The van der Waals surface area contributed by atoms with Gasteiger partial charge in [0.15, 0.2) is 0 Å². The van der Waals surface area contributed by atoms with Gasteiger partial charge in [0.05, 0.1) is 23.1 Å². The number of nitrogens with zero attached hydrogens (tertiary/aromatic N) is 3. The van der Waals surface area contributed by atoms with Crippen molar-refractivity contribution in [3.8, 4) is 0 Å². The second kappa shape index (κ2) is 11.3. The van der Waals surface area contributed by atoms with Crippen LogP contribution in [-0.2, 0) is 14.9 Å².